The van der Waals surface area contributed by atoms with Crippen LogP contribution < -0.4 is 10.1 Å². The number of hydrogen-bond acceptors (Lipinski definition) is 4. The highest BCUT2D eigenvalue weighted by atomic mass is 16.5. The van der Waals surface area contributed by atoms with E-state index in [0.29, 0.717) is 13.0 Å². The Hall–Kier alpha value is -3.64. The Balaban J connectivity index is 1.40. The number of benzene rings is 3. The quantitative estimate of drug-likeness (QED) is 0.478. The minimum Gasteiger partial charge on any atom is -0.494 e. The van der Waals surface area contributed by atoms with Crippen LogP contribution in [-0.4, -0.2) is 41.6 Å². The molecule has 3 aromatic rings. The predicted octanol–water partition coefficient (Wildman–Crippen LogP) is 4.87. The number of carbonyl (C=O) groups excluding carboxylic acids is 2. The third-order valence-electron chi connectivity index (χ3n) is 7.02. The topological polar surface area (TPSA) is 61.9 Å². The molecule has 35 heavy (non-hydrogen) atoms. The van der Waals surface area contributed by atoms with Crippen molar-refractivity contribution in [1.29, 1.82) is 0 Å². The molecule has 0 spiro atoms. The number of rotatable bonds is 8. The molecule has 1 N–H and O–H groups in total. The third-order valence-corrected chi connectivity index (χ3v) is 7.02. The maximum atomic E-state index is 14.0. The molecule has 0 radical (unpaired) electrons. The van der Waals surface area contributed by atoms with Gasteiger partial charge in [0.25, 0.3) is 5.91 Å². The molecule has 0 saturated carbocycles. The van der Waals surface area contributed by atoms with E-state index in [1.54, 1.807) is 0 Å². The monoisotopic (exact) mass is 469 g/mol. The molecule has 3 aromatic carbocycles. The summed E-state index contributed by atoms with van der Waals surface area (Å²) in [5.41, 5.74) is 1.86. The van der Waals surface area contributed by atoms with Crippen LogP contribution in [0.1, 0.15) is 42.5 Å². The van der Waals surface area contributed by atoms with Gasteiger partial charge in [0.1, 0.15) is 5.75 Å². The van der Waals surface area contributed by atoms with E-state index in [4.69, 9.17) is 4.74 Å². The number of imide groups is 1. The molecule has 2 atom stereocenters. The van der Waals surface area contributed by atoms with Crippen molar-refractivity contribution < 1.29 is 14.3 Å². The lowest BCUT2D eigenvalue weighted by molar-refractivity contribution is -0.133. The molecule has 2 fully saturated rings. The van der Waals surface area contributed by atoms with Crippen LogP contribution in [0, 0.1) is 0 Å². The largest absolute Gasteiger partial charge is 0.494 e. The molecule has 2 saturated heterocycles. The van der Waals surface area contributed by atoms with Gasteiger partial charge in [-0.05, 0) is 48.6 Å². The van der Waals surface area contributed by atoms with Crippen LogP contribution in [0.2, 0.25) is 0 Å². The van der Waals surface area contributed by atoms with Gasteiger partial charge in [-0.1, -0.05) is 72.8 Å². The van der Waals surface area contributed by atoms with Crippen molar-refractivity contribution >= 4 is 11.9 Å². The second-order valence-corrected chi connectivity index (χ2v) is 9.21. The zero-order chi connectivity index (χ0) is 24.3. The van der Waals surface area contributed by atoms with Gasteiger partial charge in [0.05, 0.1) is 13.3 Å². The highest BCUT2D eigenvalue weighted by Gasteiger charge is 2.53. The zero-order valence-corrected chi connectivity index (χ0v) is 20.0. The summed E-state index contributed by atoms with van der Waals surface area (Å²) in [4.78, 5) is 30.9. The normalized spacial score (nSPS) is 22.4. The lowest BCUT2D eigenvalue weighted by Gasteiger charge is -2.30. The number of amides is 3. The molecule has 2 heterocycles. The smallest absolute Gasteiger partial charge is 0.326 e. The summed E-state index contributed by atoms with van der Waals surface area (Å²) >= 11 is 0. The van der Waals surface area contributed by atoms with Crippen molar-refractivity contribution in [3.63, 3.8) is 0 Å². The van der Waals surface area contributed by atoms with Crippen LogP contribution >= 0.6 is 0 Å². The first-order valence-electron chi connectivity index (χ1n) is 12.3. The second-order valence-electron chi connectivity index (χ2n) is 9.21. The van der Waals surface area contributed by atoms with Crippen molar-refractivity contribution in [2.45, 2.75) is 37.8 Å². The second kappa shape index (κ2) is 9.92. The molecule has 2 aliphatic rings. The summed E-state index contributed by atoms with van der Waals surface area (Å²) in [6.45, 7) is 3.71. The summed E-state index contributed by atoms with van der Waals surface area (Å²) in [6, 6.07) is 27.4. The van der Waals surface area contributed by atoms with Gasteiger partial charge in [0.15, 0.2) is 5.54 Å². The Kier molecular flexibility index (Phi) is 6.55. The van der Waals surface area contributed by atoms with Gasteiger partial charge < -0.3 is 10.1 Å². The Morgan fingerprint density at radius 1 is 0.943 bits per heavy atom. The molecule has 0 unspecified atom stereocenters. The lowest BCUT2D eigenvalue weighted by atomic mass is 9.83. The van der Waals surface area contributed by atoms with E-state index in [-0.39, 0.29) is 24.6 Å². The summed E-state index contributed by atoms with van der Waals surface area (Å²) in [5, 5.41) is 3.08. The van der Waals surface area contributed by atoms with Gasteiger partial charge in [-0.2, -0.15) is 0 Å². The predicted molar refractivity (Wildman–Crippen MR) is 135 cm³/mol. The third kappa shape index (κ3) is 4.54. The van der Waals surface area contributed by atoms with Crippen LogP contribution in [0.5, 0.6) is 5.75 Å². The SMILES string of the molecule is CCOc1ccc([C@@H]2CCCN2CN2C(=O)N[C@@](Cc3ccccc3)(c3ccccc3)C2=O)cc1. The van der Waals surface area contributed by atoms with Gasteiger partial charge >= 0.3 is 6.03 Å². The Labute approximate surface area is 206 Å². The fraction of sp³-hybridized carbons (Fsp3) is 0.310. The van der Waals surface area contributed by atoms with Gasteiger partial charge in [0, 0.05) is 19.0 Å². The minimum absolute atomic E-state index is 0.159. The number of urea groups is 1. The van der Waals surface area contributed by atoms with Crippen molar-refractivity contribution in [3.8, 4) is 5.75 Å². The van der Waals surface area contributed by atoms with Gasteiger partial charge in [-0.3, -0.25) is 9.69 Å². The molecule has 0 bridgehead atoms. The van der Waals surface area contributed by atoms with Crippen molar-refractivity contribution in [1.82, 2.24) is 15.1 Å². The zero-order valence-electron chi connectivity index (χ0n) is 20.0. The summed E-state index contributed by atoms with van der Waals surface area (Å²) < 4.78 is 5.58. The van der Waals surface area contributed by atoms with E-state index in [1.807, 2.05) is 79.7 Å². The van der Waals surface area contributed by atoms with Crippen LogP contribution in [0.15, 0.2) is 84.9 Å². The number of carbonyl (C=O) groups is 2. The van der Waals surface area contributed by atoms with Crippen LogP contribution in [-0.2, 0) is 16.8 Å². The summed E-state index contributed by atoms with van der Waals surface area (Å²) in [7, 11) is 0. The highest BCUT2D eigenvalue weighted by Crippen LogP contribution is 2.36. The molecule has 5 rings (SSSR count). The lowest BCUT2D eigenvalue weighted by Crippen LogP contribution is -2.47. The molecule has 3 amide bonds. The molecular formula is C29H31N3O3. The fourth-order valence-corrected chi connectivity index (χ4v) is 5.30. The molecule has 0 aromatic heterocycles. The molecular weight excluding hydrogens is 438 g/mol. The van der Waals surface area contributed by atoms with Crippen LogP contribution in [0.25, 0.3) is 0 Å². The molecule has 0 aliphatic carbocycles. The first-order chi connectivity index (χ1) is 17.1. The van der Waals surface area contributed by atoms with E-state index >= 15 is 0 Å². The Morgan fingerprint density at radius 2 is 1.63 bits per heavy atom. The van der Waals surface area contributed by atoms with E-state index in [0.717, 1.165) is 36.3 Å². The minimum atomic E-state index is -1.12. The van der Waals surface area contributed by atoms with E-state index < -0.39 is 5.54 Å². The fourth-order valence-electron chi connectivity index (χ4n) is 5.30. The number of hydrogen-bond donors (Lipinski definition) is 1. The van der Waals surface area contributed by atoms with Crippen LogP contribution in [0.4, 0.5) is 4.79 Å². The summed E-state index contributed by atoms with van der Waals surface area (Å²) in [6.07, 6.45) is 2.42. The number of nitrogens with zero attached hydrogens (tertiary/aromatic N) is 2. The first-order valence-corrected chi connectivity index (χ1v) is 12.3. The number of ether oxygens (including phenoxy) is 1. The van der Waals surface area contributed by atoms with Gasteiger partial charge in [-0.15, -0.1) is 0 Å². The maximum Gasteiger partial charge on any atom is 0.326 e. The van der Waals surface area contributed by atoms with E-state index in [1.165, 1.54) is 10.5 Å². The Morgan fingerprint density at radius 3 is 2.31 bits per heavy atom. The maximum absolute atomic E-state index is 14.0. The van der Waals surface area contributed by atoms with Crippen molar-refractivity contribution in [2.75, 3.05) is 19.8 Å². The highest BCUT2D eigenvalue weighted by molar-refractivity contribution is 6.07. The average molecular weight is 470 g/mol. The molecule has 6 nitrogen and oxygen atoms in total. The van der Waals surface area contributed by atoms with E-state index in [9.17, 15) is 9.59 Å². The van der Waals surface area contributed by atoms with Crippen molar-refractivity contribution in [2.24, 2.45) is 0 Å². The molecule has 180 valence electrons. The summed E-state index contributed by atoms with van der Waals surface area (Å²) in [5.74, 6) is 0.651. The van der Waals surface area contributed by atoms with Crippen LogP contribution in [0.3, 0.4) is 0 Å². The van der Waals surface area contributed by atoms with Gasteiger partial charge in [0.2, 0.25) is 0 Å². The molecule has 6 heteroatoms. The van der Waals surface area contributed by atoms with Gasteiger partial charge in [-0.25, -0.2) is 9.69 Å². The average Bonchev–Trinajstić information content (AvgIpc) is 3.45. The van der Waals surface area contributed by atoms with E-state index in [2.05, 4.69) is 22.3 Å². The van der Waals surface area contributed by atoms with Crippen molar-refractivity contribution in [3.05, 3.63) is 102 Å². The standard InChI is InChI=1S/C29H31N3O3/c1-2-35-25-17-15-23(16-18-25)26-14-9-19-31(26)21-32-27(33)29(30-28(32)34,24-12-7-4-8-13-24)20-22-10-5-3-6-11-22/h3-8,10-13,15-18,26H,2,9,14,19-21H2,1H3,(H,30,34)/t26-,29-/m0/s1. The first kappa shape index (κ1) is 23.1. The molecule has 2 aliphatic heterocycles. The number of likely N-dealkylation sites (tertiary alicyclic amines) is 1. The number of nitrogens with one attached hydrogen (secondary N) is 1. The Bertz CT molecular complexity index is 1170.